The number of nitrogens with zero attached hydrogens (tertiary/aromatic N) is 2. The van der Waals surface area contributed by atoms with Crippen molar-refractivity contribution < 1.29 is 0 Å². The molecule has 0 aliphatic heterocycles. The van der Waals surface area contributed by atoms with Crippen LogP contribution in [0, 0.1) is 3.57 Å². The first-order chi connectivity index (χ1) is 9.70. The molecule has 0 saturated heterocycles. The molecule has 104 valence electrons. The summed E-state index contributed by atoms with van der Waals surface area (Å²) < 4.78 is 0.986. The van der Waals surface area contributed by atoms with Gasteiger partial charge < -0.3 is 0 Å². The average Bonchev–Trinajstić information content (AvgIpc) is 2.49. The minimum atomic E-state index is 0.291. The summed E-state index contributed by atoms with van der Waals surface area (Å²) in [4.78, 5) is 9.32. The predicted octanol–water partition coefficient (Wildman–Crippen LogP) is 4.77. The molecule has 20 heavy (non-hydrogen) atoms. The summed E-state index contributed by atoms with van der Waals surface area (Å²) in [6.45, 7) is 2.11. The molecule has 3 rings (SSSR count). The number of aryl methyl sites for hydroxylation is 2. The van der Waals surface area contributed by atoms with Crippen LogP contribution in [0.2, 0.25) is 5.15 Å². The van der Waals surface area contributed by atoms with Crippen molar-refractivity contribution in [2.24, 2.45) is 0 Å². The first-order valence-corrected chi connectivity index (χ1v) is 8.46. The van der Waals surface area contributed by atoms with Crippen LogP contribution in [0.4, 0.5) is 0 Å². The first-order valence-electron chi connectivity index (χ1n) is 7.00. The van der Waals surface area contributed by atoms with Gasteiger partial charge in [0.05, 0.1) is 9.26 Å². The number of benzene rings is 1. The van der Waals surface area contributed by atoms with Gasteiger partial charge in [0.25, 0.3) is 0 Å². The summed E-state index contributed by atoms with van der Waals surface area (Å²) in [7, 11) is 0. The Labute approximate surface area is 138 Å². The van der Waals surface area contributed by atoms with Crippen molar-refractivity contribution in [1.29, 1.82) is 0 Å². The van der Waals surface area contributed by atoms with Gasteiger partial charge in [0.1, 0.15) is 11.0 Å². The zero-order valence-corrected chi connectivity index (χ0v) is 14.3. The number of hydrogen-bond acceptors (Lipinski definition) is 2. The highest BCUT2D eigenvalue weighted by atomic mass is 127. The van der Waals surface area contributed by atoms with Crippen LogP contribution < -0.4 is 0 Å². The predicted molar refractivity (Wildman–Crippen MR) is 90.4 cm³/mol. The minimum Gasteiger partial charge on any atom is -0.236 e. The maximum Gasteiger partial charge on any atom is 0.146 e. The maximum atomic E-state index is 6.29. The van der Waals surface area contributed by atoms with E-state index in [-0.39, 0.29) is 0 Å². The molecule has 0 fully saturated rings. The van der Waals surface area contributed by atoms with E-state index >= 15 is 0 Å². The van der Waals surface area contributed by atoms with Crippen LogP contribution in [0.15, 0.2) is 24.3 Å². The summed E-state index contributed by atoms with van der Waals surface area (Å²) in [5.41, 5.74) is 3.86. The van der Waals surface area contributed by atoms with Crippen LogP contribution in [-0.4, -0.2) is 9.97 Å². The third-order valence-electron chi connectivity index (χ3n) is 3.91. The minimum absolute atomic E-state index is 0.291. The Morgan fingerprint density at radius 2 is 2.10 bits per heavy atom. The molecular weight excluding hydrogens is 383 g/mol. The topological polar surface area (TPSA) is 25.8 Å². The zero-order valence-electron chi connectivity index (χ0n) is 11.4. The van der Waals surface area contributed by atoms with Crippen molar-refractivity contribution >= 4 is 34.2 Å². The molecule has 0 bridgehead atoms. The van der Waals surface area contributed by atoms with E-state index < -0.39 is 0 Å². The van der Waals surface area contributed by atoms with Crippen LogP contribution in [0.3, 0.4) is 0 Å². The van der Waals surface area contributed by atoms with Gasteiger partial charge in [0, 0.05) is 5.92 Å². The monoisotopic (exact) mass is 398 g/mol. The number of aromatic nitrogens is 2. The molecule has 0 saturated carbocycles. The van der Waals surface area contributed by atoms with E-state index in [1.54, 1.807) is 0 Å². The molecule has 0 radical (unpaired) electrons. The van der Waals surface area contributed by atoms with Crippen molar-refractivity contribution in [3.63, 3.8) is 0 Å². The van der Waals surface area contributed by atoms with E-state index in [0.717, 1.165) is 34.4 Å². The van der Waals surface area contributed by atoms with E-state index in [2.05, 4.69) is 58.8 Å². The first kappa shape index (κ1) is 14.3. The van der Waals surface area contributed by atoms with Crippen molar-refractivity contribution in [3.8, 4) is 0 Å². The number of hydrogen-bond donors (Lipinski definition) is 0. The molecule has 1 atom stereocenters. The lowest BCUT2D eigenvalue weighted by molar-refractivity contribution is 0.587. The fraction of sp³-hybridized carbons (Fsp3) is 0.375. The second-order valence-corrected chi connectivity index (χ2v) is 6.57. The lowest BCUT2D eigenvalue weighted by Crippen LogP contribution is -2.15. The largest absolute Gasteiger partial charge is 0.236 e. The Balaban J connectivity index is 2.09. The second kappa shape index (κ2) is 5.98. The molecule has 1 aromatic carbocycles. The number of halogens is 2. The molecule has 1 heterocycles. The highest BCUT2D eigenvalue weighted by Gasteiger charge is 2.25. The molecule has 1 unspecified atom stereocenters. The van der Waals surface area contributed by atoms with E-state index in [4.69, 9.17) is 16.6 Å². The fourth-order valence-electron chi connectivity index (χ4n) is 2.89. The van der Waals surface area contributed by atoms with Gasteiger partial charge in [-0.15, -0.1) is 0 Å². The Hall–Kier alpha value is -0.680. The van der Waals surface area contributed by atoms with Crippen LogP contribution in [0.25, 0.3) is 0 Å². The Morgan fingerprint density at radius 3 is 2.90 bits per heavy atom. The highest BCUT2D eigenvalue weighted by Crippen LogP contribution is 2.36. The van der Waals surface area contributed by atoms with E-state index in [1.807, 2.05) is 0 Å². The summed E-state index contributed by atoms with van der Waals surface area (Å²) in [5.74, 6) is 1.18. The smallest absolute Gasteiger partial charge is 0.146 e. The lowest BCUT2D eigenvalue weighted by atomic mass is 9.82. The van der Waals surface area contributed by atoms with Crippen LogP contribution in [0.5, 0.6) is 0 Å². The molecule has 1 aliphatic carbocycles. The Kier molecular flexibility index (Phi) is 4.26. The van der Waals surface area contributed by atoms with Gasteiger partial charge in [0.15, 0.2) is 0 Å². The van der Waals surface area contributed by atoms with Gasteiger partial charge in [-0.3, -0.25) is 0 Å². The second-order valence-electron chi connectivity index (χ2n) is 5.13. The average molecular weight is 399 g/mol. The van der Waals surface area contributed by atoms with Crippen molar-refractivity contribution in [2.75, 3.05) is 0 Å². The van der Waals surface area contributed by atoms with Gasteiger partial charge in [-0.1, -0.05) is 42.8 Å². The maximum absolute atomic E-state index is 6.29. The molecule has 0 amide bonds. The van der Waals surface area contributed by atoms with Crippen LogP contribution >= 0.6 is 34.2 Å². The van der Waals surface area contributed by atoms with E-state index in [9.17, 15) is 0 Å². The molecular formula is C16H16ClIN2. The van der Waals surface area contributed by atoms with Crippen LogP contribution in [-0.2, 0) is 12.8 Å². The normalized spacial score (nSPS) is 17.9. The molecule has 1 aliphatic rings. The van der Waals surface area contributed by atoms with Crippen molar-refractivity contribution in [3.05, 3.63) is 55.6 Å². The summed E-state index contributed by atoms with van der Waals surface area (Å²) in [5, 5.41) is 0.593. The molecule has 2 aromatic rings. The third kappa shape index (κ3) is 2.58. The number of rotatable bonds is 2. The van der Waals surface area contributed by atoms with E-state index in [1.165, 1.54) is 17.5 Å². The quantitative estimate of drug-likeness (QED) is 0.538. The summed E-state index contributed by atoms with van der Waals surface area (Å²) >= 11 is 8.52. The van der Waals surface area contributed by atoms with Gasteiger partial charge >= 0.3 is 0 Å². The fourth-order valence-corrected chi connectivity index (χ4v) is 3.71. The van der Waals surface area contributed by atoms with Gasteiger partial charge in [-0.05, 0) is 59.4 Å². The zero-order chi connectivity index (χ0) is 14.1. The van der Waals surface area contributed by atoms with Gasteiger partial charge in [-0.2, -0.15) is 0 Å². The standard InChI is InChI=1S/C16H16ClIN2/c1-2-13-14(18)15(17)20-16(19-13)12-9-5-7-10-6-3-4-8-11(10)12/h3-4,6,8,12H,2,5,7,9H2,1H3. The highest BCUT2D eigenvalue weighted by molar-refractivity contribution is 14.1. The molecule has 1 aromatic heterocycles. The molecule has 4 heteroatoms. The van der Waals surface area contributed by atoms with Crippen molar-refractivity contribution in [2.45, 2.75) is 38.5 Å². The molecule has 2 nitrogen and oxygen atoms in total. The molecule has 0 N–H and O–H groups in total. The Morgan fingerprint density at radius 1 is 1.30 bits per heavy atom. The van der Waals surface area contributed by atoms with Crippen molar-refractivity contribution in [1.82, 2.24) is 9.97 Å². The Bertz CT molecular complexity index is 642. The number of fused-ring (bicyclic) bond motifs is 1. The third-order valence-corrected chi connectivity index (χ3v) is 5.64. The summed E-state index contributed by atoms with van der Waals surface area (Å²) in [6.07, 6.45) is 4.35. The van der Waals surface area contributed by atoms with Gasteiger partial charge in [-0.25, -0.2) is 9.97 Å². The molecule has 0 spiro atoms. The van der Waals surface area contributed by atoms with E-state index in [0.29, 0.717) is 11.1 Å². The summed E-state index contributed by atoms with van der Waals surface area (Å²) in [6, 6.07) is 8.64. The lowest BCUT2D eigenvalue weighted by Gasteiger charge is -2.25. The van der Waals surface area contributed by atoms with Gasteiger partial charge in [0.2, 0.25) is 0 Å². The van der Waals surface area contributed by atoms with Crippen LogP contribution in [0.1, 0.15) is 48.3 Å². The SMILES string of the molecule is CCc1nc(C2CCCc3ccccc32)nc(Cl)c1I.